The van der Waals surface area contributed by atoms with Gasteiger partial charge in [-0.05, 0) is 30.9 Å². The first-order valence-corrected chi connectivity index (χ1v) is 8.44. The zero-order valence-electron chi connectivity index (χ0n) is 13.8. The molecule has 8 heteroatoms. The highest BCUT2D eigenvalue weighted by atomic mass is 35.5. The lowest BCUT2D eigenvalue weighted by atomic mass is 9.96. The largest absolute Gasteiger partial charge is 0.365 e. The minimum atomic E-state index is -0.323. The van der Waals surface area contributed by atoms with Gasteiger partial charge < -0.3 is 9.47 Å². The van der Waals surface area contributed by atoms with Crippen molar-refractivity contribution in [1.82, 2.24) is 14.8 Å². The molecule has 1 fully saturated rings. The van der Waals surface area contributed by atoms with Crippen molar-refractivity contribution in [2.75, 3.05) is 18.0 Å². The highest BCUT2D eigenvalue weighted by molar-refractivity contribution is 6.31. The molecule has 0 spiro atoms. The fraction of sp³-hybridized carbons (Fsp3) is 0.500. The number of halogens is 1. The van der Waals surface area contributed by atoms with Crippen LogP contribution in [0.15, 0.2) is 18.5 Å². The van der Waals surface area contributed by atoms with Crippen LogP contribution >= 0.6 is 11.6 Å². The maximum Gasteiger partial charge on any atom is 0.292 e. The van der Waals surface area contributed by atoms with E-state index >= 15 is 0 Å². The molecule has 3 rings (SSSR count). The monoisotopic (exact) mass is 349 g/mol. The van der Waals surface area contributed by atoms with Gasteiger partial charge in [-0.2, -0.15) is 0 Å². The van der Waals surface area contributed by atoms with Crippen LogP contribution in [-0.4, -0.2) is 32.8 Å². The number of hydrogen-bond donors (Lipinski definition) is 0. The Morgan fingerprint density at radius 2 is 2.25 bits per heavy atom. The second-order valence-corrected chi connectivity index (χ2v) is 6.54. The summed E-state index contributed by atoms with van der Waals surface area (Å²) < 4.78 is 1.91. The van der Waals surface area contributed by atoms with Crippen LogP contribution in [0.2, 0.25) is 5.02 Å². The van der Waals surface area contributed by atoms with Gasteiger partial charge in [0.05, 0.1) is 4.92 Å². The van der Waals surface area contributed by atoms with E-state index in [1.165, 1.54) is 0 Å². The van der Waals surface area contributed by atoms with E-state index in [1.54, 1.807) is 18.5 Å². The summed E-state index contributed by atoms with van der Waals surface area (Å²) in [5, 5.41) is 20.2. The summed E-state index contributed by atoms with van der Waals surface area (Å²) in [5.41, 5.74) is 1.51. The highest BCUT2D eigenvalue weighted by Gasteiger charge is 2.29. The van der Waals surface area contributed by atoms with Gasteiger partial charge in [0, 0.05) is 37.1 Å². The molecule has 1 aromatic carbocycles. The molecule has 0 amide bonds. The summed E-state index contributed by atoms with van der Waals surface area (Å²) >= 11 is 6.31. The minimum Gasteiger partial charge on any atom is -0.365 e. The zero-order chi connectivity index (χ0) is 17.3. The standard InChI is InChI=1S/C16H20ClN5O2/c1-3-11-7-15(22(23)24)14(8-13(11)17)21-6-4-5-12(9-21)16-19-18-10-20(16)2/h7-8,10,12H,3-6,9H2,1-2H3/t12-/m0/s1. The van der Waals surface area contributed by atoms with Gasteiger partial charge in [0.15, 0.2) is 0 Å². The van der Waals surface area contributed by atoms with Gasteiger partial charge >= 0.3 is 0 Å². The quantitative estimate of drug-likeness (QED) is 0.625. The van der Waals surface area contributed by atoms with Crippen molar-refractivity contribution in [2.45, 2.75) is 32.1 Å². The normalized spacial score (nSPS) is 18.0. The smallest absolute Gasteiger partial charge is 0.292 e. The summed E-state index contributed by atoms with van der Waals surface area (Å²) in [7, 11) is 1.92. The Morgan fingerprint density at radius 3 is 2.88 bits per heavy atom. The molecule has 0 bridgehead atoms. The van der Waals surface area contributed by atoms with Gasteiger partial charge in [-0.25, -0.2) is 0 Å². The van der Waals surface area contributed by atoms with Crippen molar-refractivity contribution in [1.29, 1.82) is 0 Å². The summed E-state index contributed by atoms with van der Waals surface area (Å²) in [6, 6.07) is 3.33. The van der Waals surface area contributed by atoms with Crippen molar-refractivity contribution in [2.24, 2.45) is 7.05 Å². The van der Waals surface area contributed by atoms with Gasteiger partial charge in [0.25, 0.3) is 5.69 Å². The number of benzene rings is 1. The summed E-state index contributed by atoms with van der Waals surface area (Å²) in [6.07, 6.45) is 4.30. The van der Waals surface area contributed by atoms with Gasteiger partial charge in [0.1, 0.15) is 17.8 Å². The molecular weight excluding hydrogens is 330 g/mol. The lowest BCUT2D eigenvalue weighted by molar-refractivity contribution is -0.384. The molecule has 2 heterocycles. The summed E-state index contributed by atoms with van der Waals surface area (Å²) in [5.74, 6) is 1.12. The maximum atomic E-state index is 11.5. The van der Waals surface area contributed by atoms with E-state index in [2.05, 4.69) is 10.2 Å². The first kappa shape index (κ1) is 16.7. The zero-order valence-corrected chi connectivity index (χ0v) is 14.5. The second-order valence-electron chi connectivity index (χ2n) is 6.13. The van der Waals surface area contributed by atoms with E-state index in [0.29, 0.717) is 23.7 Å². The van der Waals surface area contributed by atoms with E-state index in [-0.39, 0.29) is 16.5 Å². The molecule has 2 aromatic rings. The lowest BCUT2D eigenvalue weighted by Gasteiger charge is -2.33. The number of nitro groups is 1. The average molecular weight is 350 g/mol. The molecule has 0 aliphatic carbocycles. The fourth-order valence-corrected chi connectivity index (χ4v) is 3.63. The topological polar surface area (TPSA) is 77.1 Å². The van der Waals surface area contributed by atoms with Crippen molar-refractivity contribution in [3.63, 3.8) is 0 Å². The highest BCUT2D eigenvalue weighted by Crippen LogP contribution is 2.37. The first-order chi connectivity index (χ1) is 11.5. The Bertz CT molecular complexity index is 761. The predicted octanol–water partition coefficient (Wildman–Crippen LogP) is 3.32. The Morgan fingerprint density at radius 1 is 1.46 bits per heavy atom. The van der Waals surface area contributed by atoms with Crippen LogP contribution in [0.5, 0.6) is 0 Å². The molecular formula is C16H20ClN5O2. The van der Waals surface area contributed by atoms with Crippen LogP contribution in [0.3, 0.4) is 0 Å². The Hall–Kier alpha value is -2.15. The summed E-state index contributed by atoms with van der Waals surface area (Å²) in [6.45, 7) is 3.39. The molecule has 0 saturated carbocycles. The van der Waals surface area contributed by atoms with E-state index < -0.39 is 0 Å². The number of nitro benzene ring substituents is 1. The van der Waals surface area contributed by atoms with Crippen molar-refractivity contribution >= 4 is 23.0 Å². The third kappa shape index (κ3) is 3.08. The van der Waals surface area contributed by atoms with Crippen LogP contribution in [0.1, 0.15) is 37.1 Å². The molecule has 1 aliphatic heterocycles. The van der Waals surface area contributed by atoms with Gasteiger partial charge in [-0.15, -0.1) is 10.2 Å². The van der Waals surface area contributed by atoms with Crippen LogP contribution in [0.4, 0.5) is 11.4 Å². The molecule has 0 radical (unpaired) electrons. The number of nitrogens with zero attached hydrogens (tertiary/aromatic N) is 5. The number of hydrogen-bond acceptors (Lipinski definition) is 5. The van der Waals surface area contributed by atoms with Crippen LogP contribution < -0.4 is 4.90 Å². The predicted molar refractivity (Wildman–Crippen MR) is 92.7 cm³/mol. The lowest BCUT2D eigenvalue weighted by Crippen LogP contribution is -2.35. The van der Waals surface area contributed by atoms with Crippen molar-refractivity contribution in [3.8, 4) is 0 Å². The number of aryl methyl sites for hydroxylation is 2. The molecule has 0 N–H and O–H groups in total. The molecule has 1 aliphatic rings. The third-order valence-corrected chi connectivity index (χ3v) is 4.95. The van der Waals surface area contributed by atoms with E-state index in [9.17, 15) is 10.1 Å². The first-order valence-electron chi connectivity index (χ1n) is 8.07. The van der Waals surface area contributed by atoms with Crippen molar-refractivity contribution in [3.05, 3.63) is 45.0 Å². The SMILES string of the molecule is CCc1cc([N+](=O)[O-])c(N2CCC[C@H](c3nncn3C)C2)cc1Cl. The Kier molecular flexibility index (Phi) is 4.71. The van der Waals surface area contributed by atoms with E-state index in [1.807, 2.05) is 23.4 Å². The third-order valence-electron chi connectivity index (χ3n) is 4.59. The molecule has 7 nitrogen and oxygen atoms in total. The van der Waals surface area contributed by atoms with Crippen LogP contribution in [-0.2, 0) is 13.5 Å². The van der Waals surface area contributed by atoms with Crippen LogP contribution in [0.25, 0.3) is 0 Å². The van der Waals surface area contributed by atoms with E-state index in [0.717, 1.165) is 30.8 Å². The maximum absolute atomic E-state index is 11.5. The molecule has 128 valence electrons. The minimum absolute atomic E-state index is 0.120. The number of piperidine rings is 1. The molecule has 1 aromatic heterocycles. The van der Waals surface area contributed by atoms with Gasteiger partial charge in [-0.3, -0.25) is 10.1 Å². The number of anilines is 1. The average Bonchev–Trinajstić information content (AvgIpc) is 3.00. The van der Waals surface area contributed by atoms with Crippen molar-refractivity contribution < 1.29 is 4.92 Å². The fourth-order valence-electron chi connectivity index (χ4n) is 3.33. The summed E-state index contributed by atoms with van der Waals surface area (Å²) in [4.78, 5) is 13.2. The molecule has 24 heavy (non-hydrogen) atoms. The number of rotatable bonds is 4. The molecule has 1 atom stereocenters. The molecule has 1 saturated heterocycles. The van der Waals surface area contributed by atoms with Crippen LogP contribution in [0, 0.1) is 10.1 Å². The second kappa shape index (κ2) is 6.76. The van der Waals surface area contributed by atoms with E-state index in [4.69, 9.17) is 11.6 Å². The molecule has 0 unspecified atom stereocenters. The Labute approximate surface area is 145 Å². The Balaban J connectivity index is 1.94. The van der Waals surface area contributed by atoms with Gasteiger partial charge in [0.2, 0.25) is 0 Å². The number of aromatic nitrogens is 3. The van der Waals surface area contributed by atoms with Gasteiger partial charge in [-0.1, -0.05) is 18.5 Å².